The third-order valence-corrected chi connectivity index (χ3v) is 3.64. The highest BCUT2D eigenvalue weighted by Crippen LogP contribution is 2.18. The van der Waals surface area contributed by atoms with Crippen LogP contribution in [0.1, 0.15) is 11.1 Å². The van der Waals surface area contributed by atoms with Crippen LogP contribution in [0.2, 0.25) is 0 Å². The Morgan fingerprint density at radius 3 is 2.46 bits per heavy atom. The summed E-state index contributed by atoms with van der Waals surface area (Å²) in [6, 6.07) is 17.5. The first-order valence-corrected chi connectivity index (χ1v) is 7.87. The maximum Gasteiger partial charge on any atom is 0.246 e. The second-order valence-electron chi connectivity index (χ2n) is 5.31. The Morgan fingerprint density at radius 2 is 1.75 bits per heavy atom. The van der Waals surface area contributed by atoms with Crippen molar-refractivity contribution in [1.29, 1.82) is 0 Å². The maximum absolute atomic E-state index is 12.6. The molecule has 0 heterocycles. The first-order valence-electron chi connectivity index (χ1n) is 7.87. The molecule has 2 rings (SSSR count). The molecule has 4 nitrogen and oxygen atoms in total. The number of hydrogen-bond donors (Lipinski definition) is 0. The Kier molecular flexibility index (Phi) is 7.05. The number of carbonyl (C=O) groups is 1. The quantitative estimate of drug-likeness (QED) is 0.698. The highest BCUT2D eigenvalue weighted by Gasteiger charge is 2.11. The summed E-state index contributed by atoms with van der Waals surface area (Å²) in [6.45, 7) is 1.60. The van der Waals surface area contributed by atoms with Gasteiger partial charge in [-0.1, -0.05) is 48.5 Å². The van der Waals surface area contributed by atoms with Gasteiger partial charge in [-0.3, -0.25) is 4.79 Å². The van der Waals surface area contributed by atoms with Crippen molar-refractivity contribution in [3.63, 3.8) is 0 Å². The van der Waals surface area contributed by atoms with Gasteiger partial charge < -0.3 is 14.4 Å². The molecule has 0 saturated heterocycles. The van der Waals surface area contributed by atoms with E-state index in [4.69, 9.17) is 9.47 Å². The number of nitrogens with zero attached hydrogens (tertiary/aromatic N) is 1. The zero-order valence-electron chi connectivity index (χ0n) is 14.1. The molecule has 2 aromatic carbocycles. The molecule has 0 atom stereocenters. The number of hydrogen-bond acceptors (Lipinski definition) is 3. The Labute approximate surface area is 143 Å². The lowest BCUT2D eigenvalue weighted by molar-refractivity contribution is -0.127. The standard InChI is InChI=1S/C20H23NO3/c1-23-15-14-21(16-17-8-4-3-5-9-17)20(22)13-12-18-10-6-7-11-19(18)24-2/h3-13H,14-16H2,1-2H3/b13-12+. The van der Waals surface area contributed by atoms with Crippen LogP contribution in [0.4, 0.5) is 0 Å². The van der Waals surface area contributed by atoms with Gasteiger partial charge in [-0.2, -0.15) is 0 Å². The number of amides is 1. The summed E-state index contributed by atoms with van der Waals surface area (Å²) in [7, 11) is 3.25. The summed E-state index contributed by atoms with van der Waals surface area (Å²) in [5, 5.41) is 0. The average molecular weight is 325 g/mol. The topological polar surface area (TPSA) is 38.8 Å². The SMILES string of the molecule is COCCN(Cc1ccccc1)C(=O)/C=C/c1ccccc1OC. The normalized spacial score (nSPS) is 10.8. The molecular formula is C20H23NO3. The molecule has 4 heteroatoms. The van der Waals surface area contributed by atoms with Crippen molar-refractivity contribution in [3.05, 3.63) is 71.8 Å². The minimum Gasteiger partial charge on any atom is -0.496 e. The van der Waals surface area contributed by atoms with Crippen LogP contribution in [0.15, 0.2) is 60.7 Å². The van der Waals surface area contributed by atoms with Crippen LogP contribution >= 0.6 is 0 Å². The lowest BCUT2D eigenvalue weighted by atomic mass is 10.1. The second kappa shape index (κ2) is 9.53. The van der Waals surface area contributed by atoms with Crippen molar-refractivity contribution in [3.8, 4) is 5.75 Å². The third-order valence-electron chi connectivity index (χ3n) is 3.64. The molecule has 0 aromatic heterocycles. The van der Waals surface area contributed by atoms with Crippen LogP contribution < -0.4 is 4.74 Å². The number of benzene rings is 2. The van der Waals surface area contributed by atoms with E-state index < -0.39 is 0 Å². The Bertz CT molecular complexity index is 668. The molecule has 0 radical (unpaired) electrons. The maximum atomic E-state index is 12.6. The fraction of sp³-hybridized carbons (Fsp3) is 0.250. The van der Waals surface area contributed by atoms with Gasteiger partial charge >= 0.3 is 0 Å². The Balaban J connectivity index is 2.10. The number of rotatable bonds is 8. The number of methoxy groups -OCH3 is 2. The third kappa shape index (κ3) is 5.25. The smallest absolute Gasteiger partial charge is 0.246 e. The van der Waals surface area contributed by atoms with Crippen molar-refractivity contribution in [2.75, 3.05) is 27.4 Å². The molecule has 0 unspecified atom stereocenters. The van der Waals surface area contributed by atoms with E-state index in [0.717, 1.165) is 16.9 Å². The minimum atomic E-state index is -0.0539. The van der Waals surface area contributed by atoms with Gasteiger partial charge in [0.05, 0.1) is 13.7 Å². The van der Waals surface area contributed by atoms with E-state index in [-0.39, 0.29) is 5.91 Å². The second-order valence-corrected chi connectivity index (χ2v) is 5.31. The molecule has 0 saturated carbocycles. The molecule has 0 N–H and O–H groups in total. The summed E-state index contributed by atoms with van der Waals surface area (Å²) in [4.78, 5) is 14.3. The van der Waals surface area contributed by atoms with Gasteiger partial charge in [0.1, 0.15) is 5.75 Å². The molecular weight excluding hydrogens is 302 g/mol. The van der Waals surface area contributed by atoms with Crippen LogP contribution in [0.3, 0.4) is 0 Å². The van der Waals surface area contributed by atoms with Gasteiger partial charge in [0.2, 0.25) is 5.91 Å². The van der Waals surface area contributed by atoms with Gasteiger partial charge in [-0.25, -0.2) is 0 Å². The summed E-state index contributed by atoms with van der Waals surface area (Å²) < 4.78 is 10.4. The molecule has 0 bridgehead atoms. The van der Waals surface area contributed by atoms with Crippen LogP contribution in [0, 0.1) is 0 Å². The van der Waals surface area contributed by atoms with Gasteiger partial charge in [0.15, 0.2) is 0 Å². The monoisotopic (exact) mass is 325 g/mol. The van der Waals surface area contributed by atoms with Gasteiger partial charge in [-0.05, 0) is 17.7 Å². The van der Waals surface area contributed by atoms with E-state index in [1.807, 2.05) is 54.6 Å². The van der Waals surface area contributed by atoms with E-state index in [2.05, 4.69) is 0 Å². The minimum absolute atomic E-state index is 0.0539. The molecule has 126 valence electrons. The predicted molar refractivity (Wildman–Crippen MR) is 95.8 cm³/mol. The first-order chi connectivity index (χ1) is 11.7. The van der Waals surface area contributed by atoms with Crippen LogP contribution in [0.5, 0.6) is 5.75 Å². The lowest BCUT2D eigenvalue weighted by Gasteiger charge is -2.21. The number of ether oxygens (including phenoxy) is 2. The van der Waals surface area contributed by atoms with Gasteiger partial charge in [0.25, 0.3) is 0 Å². The van der Waals surface area contributed by atoms with Crippen LogP contribution in [-0.2, 0) is 16.1 Å². The van der Waals surface area contributed by atoms with E-state index in [1.54, 1.807) is 31.3 Å². The lowest BCUT2D eigenvalue weighted by Crippen LogP contribution is -2.32. The first kappa shape index (κ1) is 17.8. The fourth-order valence-corrected chi connectivity index (χ4v) is 2.34. The molecule has 0 aliphatic carbocycles. The fourth-order valence-electron chi connectivity index (χ4n) is 2.34. The number of carbonyl (C=O) groups excluding carboxylic acids is 1. The predicted octanol–water partition coefficient (Wildman–Crippen LogP) is 3.38. The molecule has 2 aromatic rings. The van der Waals surface area contributed by atoms with Crippen LogP contribution in [0.25, 0.3) is 6.08 Å². The van der Waals surface area contributed by atoms with Crippen molar-refractivity contribution in [2.45, 2.75) is 6.54 Å². The number of para-hydroxylation sites is 1. The van der Waals surface area contributed by atoms with Crippen molar-refractivity contribution in [1.82, 2.24) is 4.90 Å². The highest BCUT2D eigenvalue weighted by molar-refractivity contribution is 5.92. The van der Waals surface area contributed by atoms with Crippen molar-refractivity contribution >= 4 is 12.0 Å². The van der Waals surface area contributed by atoms with Crippen LogP contribution in [-0.4, -0.2) is 38.2 Å². The highest BCUT2D eigenvalue weighted by atomic mass is 16.5. The van der Waals surface area contributed by atoms with Crippen molar-refractivity contribution < 1.29 is 14.3 Å². The van der Waals surface area contributed by atoms with E-state index >= 15 is 0 Å². The van der Waals surface area contributed by atoms with Gasteiger partial charge in [0, 0.05) is 31.8 Å². The summed E-state index contributed by atoms with van der Waals surface area (Å²) in [5.41, 5.74) is 1.97. The molecule has 1 amide bonds. The summed E-state index contributed by atoms with van der Waals surface area (Å²) in [6.07, 6.45) is 3.36. The molecule has 0 fully saturated rings. The van der Waals surface area contributed by atoms with E-state index in [9.17, 15) is 4.79 Å². The van der Waals surface area contributed by atoms with Crippen molar-refractivity contribution in [2.24, 2.45) is 0 Å². The van der Waals surface area contributed by atoms with Gasteiger partial charge in [-0.15, -0.1) is 0 Å². The largest absolute Gasteiger partial charge is 0.496 e. The Morgan fingerprint density at radius 1 is 1.04 bits per heavy atom. The molecule has 0 spiro atoms. The average Bonchev–Trinajstić information content (AvgIpc) is 2.64. The summed E-state index contributed by atoms with van der Waals surface area (Å²) in [5.74, 6) is 0.690. The Hall–Kier alpha value is -2.59. The molecule has 0 aliphatic heterocycles. The van der Waals surface area contributed by atoms with E-state index in [1.165, 1.54) is 0 Å². The zero-order chi connectivity index (χ0) is 17.2. The summed E-state index contributed by atoms with van der Waals surface area (Å²) >= 11 is 0. The zero-order valence-corrected chi connectivity index (χ0v) is 14.1. The van der Waals surface area contributed by atoms with E-state index in [0.29, 0.717) is 19.7 Å². The molecule has 24 heavy (non-hydrogen) atoms. The molecule has 0 aliphatic rings.